The number of carbonyl (C=O) groups is 2. The summed E-state index contributed by atoms with van der Waals surface area (Å²) in [6.07, 6.45) is 1.31. The fourth-order valence-corrected chi connectivity index (χ4v) is 2.05. The first kappa shape index (κ1) is 13.5. The van der Waals surface area contributed by atoms with Crippen LogP contribution >= 0.6 is 0 Å². The molecule has 1 aromatic rings. The predicted molar refractivity (Wildman–Crippen MR) is 70.1 cm³/mol. The van der Waals surface area contributed by atoms with Crippen molar-refractivity contribution in [2.24, 2.45) is 0 Å². The lowest BCUT2D eigenvalue weighted by molar-refractivity contribution is -0.124. The first-order valence-electron chi connectivity index (χ1n) is 6.23. The number of hydrogen-bond acceptors (Lipinski definition) is 4. The Balaban J connectivity index is 2.08. The number of hydrogen-bond donors (Lipinski definition) is 1. The Morgan fingerprint density at radius 3 is 2.79 bits per heavy atom. The zero-order valence-corrected chi connectivity index (χ0v) is 11.1. The van der Waals surface area contributed by atoms with Crippen molar-refractivity contribution in [2.45, 2.75) is 25.9 Å². The van der Waals surface area contributed by atoms with Crippen molar-refractivity contribution in [2.75, 3.05) is 19.0 Å². The number of methoxy groups -OCH3 is 1. The number of nitrogens with one attached hydrogen (secondary N) is 1. The molecular weight excluding hydrogens is 246 g/mol. The van der Waals surface area contributed by atoms with E-state index >= 15 is 0 Å². The first-order chi connectivity index (χ1) is 9.11. The van der Waals surface area contributed by atoms with Crippen molar-refractivity contribution >= 4 is 17.6 Å². The van der Waals surface area contributed by atoms with Crippen LogP contribution in [0.3, 0.4) is 0 Å². The second-order valence-electron chi connectivity index (χ2n) is 4.51. The predicted octanol–water partition coefficient (Wildman–Crippen LogP) is 1.90. The molecule has 1 N–H and O–H groups in total. The van der Waals surface area contributed by atoms with Crippen LogP contribution in [0.4, 0.5) is 5.69 Å². The van der Waals surface area contributed by atoms with Gasteiger partial charge in [-0.15, -0.1) is 0 Å². The van der Waals surface area contributed by atoms with Gasteiger partial charge in [-0.25, -0.2) is 4.79 Å². The second-order valence-corrected chi connectivity index (χ2v) is 4.51. The Morgan fingerprint density at radius 1 is 1.42 bits per heavy atom. The molecule has 1 amide bonds. The Labute approximate surface area is 111 Å². The minimum absolute atomic E-state index is 0.133. The maximum Gasteiger partial charge on any atom is 0.337 e. The summed E-state index contributed by atoms with van der Waals surface area (Å²) in [7, 11) is 1.34. The van der Waals surface area contributed by atoms with Gasteiger partial charge in [0.05, 0.1) is 12.7 Å². The van der Waals surface area contributed by atoms with Gasteiger partial charge < -0.3 is 14.8 Å². The number of anilines is 1. The smallest absolute Gasteiger partial charge is 0.337 e. The van der Waals surface area contributed by atoms with Crippen molar-refractivity contribution in [3.8, 4) is 0 Å². The summed E-state index contributed by atoms with van der Waals surface area (Å²) in [5.41, 5.74) is 1.97. The Kier molecular flexibility index (Phi) is 4.16. The third kappa shape index (κ3) is 3.12. The van der Waals surface area contributed by atoms with E-state index in [2.05, 4.69) is 10.1 Å². The molecule has 19 heavy (non-hydrogen) atoms. The molecule has 1 heterocycles. The van der Waals surface area contributed by atoms with Gasteiger partial charge in [0.15, 0.2) is 0 Å². The molecule has 1 fully saturated rings. The molecule has 1 aromatic carbocycles. The molecule has 1 unspecified atom stereocenters. The highest BCUT2D eigenvalue weighted by Crippen LogP contribution is 2.19. The standard InChI is InChI=1S/C14H17NO4/c1-9-8-10(14(17)18-2)5-6-11(9)15-13(16)12-4-3-7-19-12/h5-6,8,12H,3-4,7H2,1-2H3,(H,15,16). The van der Waals surface area contributed by atoms with Crippen LogP contribution < -0.4 is 5.32 Å². The second kappa shape index (κ2) is 5.84. The number of aryl methyl sites for hydroxylation is 1. The lowest BCUT2D eigenvalue weighted by atomic mass is 10.1. The maximum absolute atomic E-state index is 11.9. The van der Waals surface area contributed by atoms with Crippen LogP contribution in [0.5, 0.6) is 0 Å². The van der Waals surface area contributed by atoms with Gasteiger partial charge in [0.1, 0.15) is 6.10 Å². The Hall–Kier alpha value is -1.88. The lowest BCUT2D eigenvalue weighted by Crippen LogP contribution is -2.27. The third-order valence-electron chi connectivity index (χ3n) is 3.13. The van der Waals surface area contributed by atoms with Gasteiger partial charge in [-0.3, -0.25) is 4.79 Å². The summed E-state index contributed by atoms with van der Waals surface area (Å²) in [4.78, 5) is 23.3. The minimum atomic E-state index is -0.389. The monoisotopic (exact) mass is 263 g/mol. The number of rotatable bonds is 3. The van der Waals surface area contributed by atoms with Gasteiger partial charge >= 0.3 is 5.97 Å². The highest BCUT2D eigenvalue weighted by atomic mass is 16.5. The molecule has 102 valence electrons. The fourth-order valence-electron chi connectivity index (χ4n) is 2.05. The van der Waals surface area contributed by atoms with Crippen LogP contribution in [-0.4, -0.2) is 31.7 Å². The molecule has 1 atom stereocenters. The fraction of sp³-hybridized carbons (Fsp3) is 0.429. The van der Waals surface area contributed by atoms with Crippen LogP contribution in [0, 0.1) is 6.92 Å². The van der Waals surface area contributed by atoms with Gasteiger partial charge in [0.2, 0.25) is 0 Å². The Morgan fingerprint density at radius 2 is 2.21 bits per heavy atom. The highest BCUT2D eigenvalue weighted by Gasteiger charge is 2.23. The quantitative estimate of drug-likeness (QED) is 0.846. The highest BCUT2D eigenvalue weighted by molar-refractivity contribution is 5.96. The van der Waals surface area contributed by atoms with E-state index in [-0.39, 0.29) is 18.0 Å². The largest absolute Gasteiger partial charge is 0.465 e. The van der Waals surface area contributed by atoms with Crippen LogP contribution in [0.25, 0.3) is 0 Å². The topological polar surface area (TPSA) is 64.6 Å². The average molecular weight is 263 g/mol. The van der Waals surface area contributed by atoms with E-state index in [0.29, 0.717) is 17.9 Å². The van der Waals surface area contributed by atoms with E-state index in [1.165, 1.54) is 7.11 Å². The summed E-state index contributed by atoms with van der Waals surface area (Å²) in [5.74, 6) is -0.522. The van der Waals surface area contributed by atoms with E-state index in [9.17, 15) is 9.59 Å². The zero-order valence-electron chi connectivity index (χ0n) is 11.1. The molecule has 5 nitrogen and oxygen atoms in total. The molecule has 0 aromatic heterocycles. The summed E-state index contributed by atoms with van der Waals surface area (Å²) in [6.45, 7) is 2.47. The molecule has 0 spiro atoms. The van der Waals surface area contributed by atoms with E-state index in [0.717, 1.165) is 18.4 Å². The molecule has 1 aliphatic rings. The van der Waals surface area contributed by atoms with Gasteiger partial charge in [0, 0.05) is 12.3 Å². The van der Waals surface area contributed by atoms with Gasteiger partial charge in [-0.05, 0) is 43.5 Å². The Bertz CT molecular complexity index is 492. The van der Waals surface area contributed by atoms with Crippen molar-refractivity contribution in [1.29, 1.82) is 0 Å². The third-order valence-corrected chi connectivity index (χ3v) is 3.13. The normalized spacial score (nSPS) is 18.1. The van der Waals surface area contributed by atoms with Crippen molar-refractivity contribution in [3.63, 3.8) is 0 Å². The molecule has 1 saturated heterocycles. The molecule has 0 aliphatic carbocycles. The van der Waals surface area contributed by atoms with E-state index < -0.39 is 0 Å². The van der Waals surface area contributed by atoms with Crippen LogP contribution in [0.15, 0.2) is 18.2 Å². The van der Waals surface area contributed by atoms with E-state index in [1.807, 2.05) is 6.92 Å². The number of esters is 1. The van der Waals surface area contributed by atoms with Crippen molar-refractivity contribution < 1.29 is 19.1 Å². The number of benzene rings is 1. The van der Waals surface area contributed by atoms with Crippen molar-refractivity contribution in [3.05, 3.63) is 29.3 Å². The number of amides is 1. The zero-order chi connectivity index (χ0) is 13.8. The molecule has 0 saturated carbocycles. The first-order valence-corrected chi connectivity index (χ1v) is 6.23. The van der Waals surface area contributed by atoms with Gasteiger partial charge in [-0.2, -0.15) is 0 Å². The van der Waals surface area contributed by atoms with E-state index in [4.69, 9.17) is 4.74 Å². The van der Waals surface area contributed by atoms with Crippen LogP contribution in [-0.2, 0) is 14.3 Å². The molecule has 1 aliphatic heterocycles. The molecule has 0 radical (unpaired) electrons. The number of carbonyl (C=O) groups excluding carboxylic acids is 2. The molecule has 2 rings (SSSR count). The van der Waals surface area contributed by atoms with Crippen LogP contribution in [0.1, 0.15) is 28.8 Å². The van der Waals surface area contributed by atoms with Gasteiger partial charge in [0.25, 0.3) is 5.91 Å². The van der Waals surface area contributed by atoms with E-state index in [1.54, 1.807) is 18.2 Å². The summed E-state index contributed by atoms with van der Waals surface area (Å²) >= 11 is 0. The number of ether oxygens (including phenoxy) is 2. The maximum atomic E-state index is 11.9. The lowest BCUT2D eigenvalue weighted by Gasteiger charge is -2.13. The minimum Gasteiger partial charge on any atom is -0.465 e. The average Bonchev–Trinajstić information content (AvgIpc) is 2.94. The van der Waals surface area contributed by atoms with Crippen molar-refractivity contribution in [1.82, 2.24) is 0 Å². The summed E-state index contributed by atoms with van der Waals surface area (Å²) in [5, 5.41) is 2.82. The summed E-state index contributed by atoms with van der Waals surface area (Å²) < 4.78 is 9.97. The molecule has 0 bridgehead atoms. The van der Waals surface area contributed by atoms with Gasteiger partial charge in [-0.1, -0.05) is 0 Å². The SMILES string of the molecule is COC(=O)c1ccc(NC(=O)C2CCCO2)c(C)c1. The van der Waals surface area contributed by atoms with Crippen LogP contribution in [0.2, 0.25) is 0 Å². The summed E-state index contributed by atoms with van der Waals surface area (Å²) in [6, 6.07) is 5.02. The molecular formula is C14H17NO4. The molecule has 5 heteroatoms.